The van der Waals surface area contributed by atoms with E-state index in [-0.39, 0.29) is 5.91 Å². The second kappa shape index (κ2) is 8.66. The molecule has 2 aromatic carbocycles. The third-order valence-corrected chi connectivity index (χ3v) is 5.81. The zero-order valence-electron chi connectivity index (χ0n) is 16.6. The Hall–Kier alpha value is -2.86. The quantitative estimate of drug-likeness (QED) is 0.535. The summed E-state index contributed by atoms with van der Waals surface area (Å²) in [4.78, 5) is 19.7. The van der Waals surface area contributed by atoms with E-state index < -0.39 is 0 Å². The minimum Gasteiger partial charge on any atom is -0.497 e. The van der Waals surface area contributed by atoms with Crippen molar-refractivity contribution >= 4 is 17.2 Å². The number of thiazole rings is 1. The molecule has 0 aliphatic heterocycles. The van der Waals surface area contributed by atoms with Gasteiger partial charge in [-0.05, 0) is 49.6 Å². The lowest BCUT2D eigenvalue weighted by molar-refractivity contribution is 0.0727. The fraction of sp³-hybridized carbons (Fsp3) is 0.304. The number of rotatable bonds is 8. The molecule has 0 unspecified atom stereocenters. The number of benzene rings is 2. The summed E-state index contributed by atoms with van der Waals surface area (Å²) in [6, 6.07) is 15.6. The summed E-state index contributed by atoms with van der Waals surface area (Å²) in [5.41, 5.74) is 2.66. The van der Waals surface area contributed by atoms with Gasteiger partial charge >= 0.3 is 0 Å². The summed E-state index contributed by atoms with van der Waals surface area (Å²) in [7, 11) is 1.61. The molecular weight excluding hydrogens is 384 g/mol. The Bertz CT molecular complexity index is 997. The molecule has 0 bridgehead atoms. The van der Waals surface area contributed by atoms with E-state index in [2.05, 4.69) is 4.98 Å². The fourth-order valence-electron chi connectivity index (χ4n) is 3.20. The molecule has 1 aliphatic carbocycles. The first kappa shape index (κ1) is 19.5. The van der Waals surface area contributed by atoms with Gasteiger partial charge in [-0.25, -0.2) is 4.98 Å². The molecule has 0 N–H and O–H groups in total. The van der Waals surface area contributed by atoms with Crippen molar-refractivity contribution in [1.82, 2.24) is 9.88 Å². The van der Waals surface area contributed by atoms with Crippen LogP contribution in [0.25, 0.3) is 0 Å². The zero-order valence-corrected chi connectivity index (χ0v) is 17.4. The van der Waals surface area contributed by atoms with Crippen molar-refractivity contribution < 1.29 is 14.3 Å². The van der Waals surface area contributed by atoms with Crippen LogP contribution in [-0.2, 0) is 13.2 Å². The third kappa shape index (κ3) is 4.77. The maximum Gasteiger partial charge on any atom is 0.254 e. The minimum absolute atomic E-state index is 0.0251. The van der Waals surface area contributed by atoms with Crippen LogP contribution in [0.5, 0.6) is 11.5 Å². The predicted octanol–water partition coefficient (Wildman–Crippen LogP) is 4.84. The number of aromatic nitrogens is 1. The van der Waals surface area contributed by atoms with E-state index in [4.69, 9.17) is 9.47 Å². The second-order valence-electron chi connectivity index (χ2n) is 7.18. The lowest BCUT2D eigenvalue weighted by atomic mass is 10.2. The monoisotopic (exact) mass is 408 g/mol. The number of amides is 1. The van der Waals surface area contributed by atoms with Gasteiger partial charge in [-0.15, -0.1) is 11.3 Å². The maximum atomic E-state index is 13.1. The molecule has 1 saturated carbocycles. The maximum absolute atomic E-state index is 13.1. The Morgan fingerprint density at radius 2 is 2.03 bits per heavy atom. The van der Waals surface area contributed by atoms with Gasteiger partial charge in [0.15, 0.2) is 0 Å². The number of hydrogen-bond donors (Lipinski definition) is 0. The van der Waals surface area contributed by atoms with E-state index in [1.54, 1.807) is 24.5 Å². The molecule has 0 radical (unpaired) electrons. The molecule has 3 aromatic rings. The molecule has 6 heteroatoms. The van der Waals surface area contributed by atoms with Gasteiger partial charge in [0.25, 0.3) is 5.91 Å². The molecule has 5 nitrogen and oxygen atoms in total. The highest BCUT2D eigenvalue weighted by molar-refractivity contribution is 7.09. The van der Waals surface area contributed by atoms with Crippen molar-refractivity contribution in [3.63, 3.8) is 0 Å². The molecular formula is C23H24N2O3S. The van der Waals surface area contributed by atoms with Gasteiger partial charge in [-0.2, -0.15) is 0 Å². The zero-order chi connectivity index (χ0) is 20.2. The van der Waals surface area contributed by atoms with Crippen LogP contribution >= 0.6 is 11.3 Å². The summed E-state index contributed by atoms with van der Waals surface area (Å²) in [5.74, 6) is 1.59. The third-order valence-electron chi connectivity index (χ3n) is 4.94. The van der Waals surface area contributed by atoms with Crippen molar-refractivity contribution in [2.75, 3.05) is 7.11 Å². The van der Waals surface area contributed by atoms with Gasteiger partial charge in [-0.3, -0.25) is 4.79 Å². The molecule has 1 fully saturated rings. The first-order valence-electron chi connectivity index (χ1n) is 9.71. The normalized spacial score (nSPS) is 13.2. The van der Waals surface area contributed by atoms with E-state index in [1.165, 1.54) is 0 Å². The van der Waals surface area contributed by atoms with E-state index in [0.717, 1.165) is 34.9 Å². The Labute approximate surface area is 174 Å². The van der Waals surface area contributed by atoms with Gasteiger partial charge in [0.1, 0.15) is 23.1 Å². The number of para-hydroxylation sites is 1. The van der Waals surface area contributed by atoms with Crippen molar-refractivity contribution in [3.8, 4) is 11.5 Å². The molecule has 0 spiro atoms. The van der Waals surface area contributed by atoms with Crippen LogP contribution in [0.2, 0.25) is 0 Å². The van der Waals surface area contributed by atoms with Crippen molar-refractivity contribution in [3.05, 3.63) is 75.7 Å². The number of carbonyl (C=O) groups is 1. The highest BCUT2D eigenvalue weighted by Crippen LogP contribution is 2.31. The summed E-state index contributed by atoms with van der Waals surface area (Å²) in [5, 5.41) is 2.93. The van der Waals surface area contributed by atoms with E-state index >= 15 is 0 Å². The average Bonchev–Trinajstić information content (AvgIpc) is 3.50. The van der Waals surface area contributed by atoms with Crippen LogP contribution < -0.4 is 9.47 Å². The molecule has 0 saturated heterocycles. The van der Waals surface area contributed by atoms with E-state index in [9.17, 15) is 4.79 Å². The number of aryl methyl sites for hydroxylation is 1. The van der Waals surface area contributed by atoms with Gasteiger partial charge in [0.2, 0.25) is 0 Å². The number of hydrogen-bond acceptors (Lipinski definition) is 5. The molecule has 1 heterocycles. The number of carbonyl (C=O) groups excluding carboxylic acids is 1. The number of nitrogens with zero attached hydrogens (tertiary/aromatic N) is 2. The lowest BCUT2D eigenvalue weighted by Gasteiger charge is -2.21. The Morgan fingerprint density at radius 1 is 1.21 bits per heavy atom. The molecule has 1 aromatic heterocycles. The Kier molecular flexibility index (Phi) is 5.81. The summed E-state index contributed by atoms with van der Waals surface area (Å²) in [6.45, 7) is 2.98. The van der Waals surface area contributed by atoms with Crippen LogP contribution in [0.3, 0.4) is 0 Å². The topological polar surface area (TPSA) is 51.7 Å². The largest absolute Gasteiger partial charge is 0.497 e. The Balaban J connectivity index is 1.43. The predicted molar refractivity (Wildman–Crippen MR) is 114 cm³/mol. The fourth-order valence-corrected chi connectivity index (χ4v) is 3.89. The summed E-state index contributed by atoms with van der Waals surface area (Å²) >= 11 is 1.57. The highest BCUT2D eigenvalue weighted by atomic mass is 32.1. The van der Waals surface area contributed by atoms with Crippen LogP contribution in [0.15, 0.2) is 53.9 Å². The standard InChI is InChI=1S/C23H24N2O3S/c1-16-6-3-4-9-21(16)28-14-22-24-18(15-29-22)13-25(19-10-11-19)23(26)17-7-5-8-20(12-17)27-2/h3-9,12,15,19H,10-11,13-14H2,1-2H3. The lowest BCUT2D eigenvalue weighted by Crippen LogP contribution is -2.32. The van der Waals surface area contributed by atoms with Gasteiger partial charge in [0, 0.05) is 17.0 Å². The first-order chi connectivity index (χ1) is 14.1. The van der Waals surface area contributed by atoms with E-state index in [0.29, 0.717) is 30.5 Å². The van der Waals surface area contributed by atoms with Crippen LogP contribution in [0.1, 0.15) is 39.5 Å². The summed E-state index contributed by atoms with van der Waals surface area (Å²) in [6.07, 6.45) is 2.09. The first-order valence-corrected chi connectivity index (χ1v) is 10.6. The SMILES string of the molecule is COc1cccc(C(=O)N(Cc2csc(COc3ccccc3C)n2)C2CC2)c1. The highest BCUT2D eigenvalue weighted by Gasteiger charge is 2.33. The van der Waals surface area contributed by atoms with Gasteiger partial charge in [0.05, 0.1) is 19.3 Å². The van der Waals surface area contributed by atoms with Crippen molar-refractivity contribution in [1.29, 1.82) is 0 Å². The molecule has 0 atom stereocenters. The second-order valence-corrected chi connectivity index (χ2v) is 8.13. The summed E-state index contributed by atoms with van der Waals surface area (Å²) < 4.78 is 11.2. The van der Waals surface area contributed by atoms with Crippen LogP contribution in [0, 0.1) is 6.92 Å². The van der Waals surface area contributed by atoms with Crippen molar-refractivity contribution in [2.24, 2.45) is 0 Å². The molecule has 4 rings (SSSR count). The van der Waals surface area contributed by atoms with Crippen LogP contribution in [0.4, 0.5) is 0 Å². The van der Waals surface area contributed by atoms with E-state index in [1.807, 2.05) is 59.7 Å². The van der Waals surface area contributed by atoms with Crippen LogP contribution in [-0.4, -0.2) is 28.9 Å². The average molecular weight is 409 g/mol. The molecule has 1 aliphatic rings. The molecule has 150 valence electrons. The molecule has 29 heavy (non-hydrogen) atoms. The minimum atomic E-state index is 0.0251. The number of methoxy groups -OCH3 is 1. The smallest absolute Gasteiger partial charge is 0.254 e. The molecule has 1 amide bonds. The number of ether oxygens (including phenoxy) is 2. The van der Waals surface area contributed by atoms with Gasteiger partial charge in [-0.1, -0.05) is 24.3 Å². The van der Waals surface area contributed by atoms with Gasteiger partial charge < -0.3 is 14.4 Å². The van der Waals surface area contributed by atoms with Crippen molar-refractivity contribution in [2.45, 2.75) is 39.0 Å². The Morgan fingerprint density at radius 3 is 2.79 bits per heavy atom.